The Hall–Kier alpha value is -2.45. The second-order valence-electron chi connectivity index (χ2n) is 6.94. The van der Waals surface area contributed by atoms with E-state index < -0.39 is 4.92 Å². The molecule has 0 aliphatic carbocycles. The molecule has 2 aromatic carbocycles. The van der Waals surface area contributed by atoms with Crippen molar-refractivity contribution in [1.82, 2.24) is 4.90 Å². The average Bonchev–Trinajstić information content (AvgIpc) is 2.66. The van der Waals surface area contributed by atoms with Gasteiger partial charge in [-0.1, -0.05) is 28.1 Å². The summed E-state index contributed by atoms with van der Waals surface area (Å²) >= 11 is 3.25. The minimum absolute atomic E-state index is 0.00921. The lowest BCUT2D eigenvalue weighted by molar-refractivity contribution is -0.384. The van der Waals surface area contributed by atoms with E-state index in [9.17, 15) is 14.9 Å². The topological polar surface area (TPSA) is 84.7 Å². The summed E-state index contributed by atoms with van der Waals surface area (Å²) in [5.74, 6) is -0.00921. The number of carbonyl (C=O) groups is 1. The number of anilines is 1. The van der Waals surface area contributed by atoms with Crippen molar-refractivity contribution in [2.45, 2.75) is 32.6 Å². The molecule has 0 spiro atoms. The number of morpholine rings is 1. The fourth-order valence-electron chi connectivity index (χ4n) is 3.29. The van der Waals surface area contributed by atoms with Gasteiger partial charge in [-0.15, -0.1) is 0 Å². The highest BCUT2D eigenvalue weighted by Crippen LogP contribution is 2.28. The maximum absolute atomic E-state index is 12.7. The molecule has 0 bridgehead atoms. The summed E-state index contributed by atoms with van der Waals surface area (Å²) in [7, 11) is 0. The summed E-state index contributed by atoms with van der Waals surface area (Å²) in [4.78, 5) is 25.3. The summed E-state index contributed by atoms with van der Waals surface area (Å²) in [6.45, 7) is 5.51. The summed E-state index contributed by atoms with van der Waals surface area (Å²) in [6, 6.07) is 12.2. The molecule has 2 atom stereocenters. The highest BCUT2D eigenvalue weighted by atomic mass is 79.9. The standard InChI is InChI=1S/C20H22BrN3O4/c1-13-11-23(12-14(2)28-13)20(25)16-5-3-15(4-6-16)10-22-18-8-7-17(21)9-19(18)24(26)27/h3-9,13-14,22H,10-12H2,1-2H3. The molecule has 3 rings (SSSR count). The van der Waals surface area contributed by atoms with Crippen LogP contribution in [0.15, 0.2) is 46.9 Å². The molecule has 1 N–H and O–H groups in total. The van der Waals surface area contributed by atoms with Crippen LogP contribution in [0.1, 0.15) is 29.8 Å². The van der Waals surface area contributed by atoms with Crippen LogP contribution in [0, 0.1) is 10.1 Å². The van der Waals surface area contributed by atoms with Crippen molar-refractivity contribution >= 4 is 33.2 Å². The molecule has 1 aliphatic heterocycles. The maximum atomic E-state index is 12.7. The Kier molecular flexibility index (Phi) is 6.31. The zero-order chi connectivity index (χ0) is 20.3. The molecule has 0 radical (unpaired) electrons. The molecule has 1 fully saturated rings. The van der Waals surface area contributed by atoms with Gasteiger partial charge in [-0.2, -0.15) is 0 Å². The van der Waals surface area contributed by atoms with Crippen LogP contribution < -0.4 is 5.32 Å². The Labute approximate surface area is 172 Å². The number of rotatable bonds is 5. The maximum Gasteiger partial charge on any atom is 0.293 e. The van der Waals surface area contributed by atoms with Crippen molar-refractivity contribution in [3.8, 4) is 0 Å². The van der Waals surface area contributed by atoms with Crippen LogP contribution in [0.5, 0.6) is 0 Å². The number of halogens is 1. The van der Waals surface area contributed by atoms with Crippen LogP contribution >= 0.6 is 15.9 Å². The molecular formula is C20H22BrN3O4. The number of hydrogen-bond acceptors (Lipinski definition) is 5. The van der Waals surface area contributed by atoms with Crippen molar-refractivity contribution in [2.24, 2.45) is 0 Å². The molecule has 1 aliphatic rings. The van der Waals surface area contributed by atoms with Crippen LogP contribution in [-0.4, -0.2) is 41.0 Å². The van der Waals surface area contributed by atoms with Crippen LogP contribution in [0.2, 0.25) is 0 Å². The molecule has 8 heteroatoms. The van der Waals surface area contributed by atoms with Gasteiger partial charge in [0.1, 0.15) is 5.69 Å². The highest BCUT2D eigenvalue weighted by molar-refractivity contribution is 9.10. The van der Waals surface area contributed by atoms with Crippen LogP contribution in [-0.2, 0) is 11.3 Å². The molecule has 7 nitrogen and oxygen atoms in total. The number of benzene rings is 2. The third-order valence-electron chi connectivity index (χ3n) is 4.55. The molecule has 1 saturated heterocycles. The van der Waals surface area contributed by atoms with Crippen molar-refractivity contribution in [2.75, 3.05) is 18.4 Å². The predicted octanol–water partition coefficient (Wildman–Crippen LogP) is 4.22. The fraction of sp³-hybridized carbons (Fsp3) is 0.350. The van der Waals surface area contributed by atoms with Gasteiger partial charge in [-0.25, -0.2) is 0 Å². The lowest BCUT2D eigenvalue weighted by atomic mass is 10.1. The van der Waals surface area contributed by atoms with E-state index in [1.165, 1.54) is 6.07 Å². The second kappa shape index (κ2) is 8.70. The molecule has 148 valence electrons. The third-order valence-corrected chi connectivity index (χ3v) is 5.04. The molecule has 1 heterocycles. The first-order valence-corrected chi connectivity index (χ1v) is 9.84. The monoisotopic (exact) mass is 447 g/mol. The number of nitrogens with one attached hydrogen (secondary N) is 1. The van der Waals surface area contributed by atoms with Crippen molar-refractivity contribution in [3.05, 3.63) is 68.2 Å². The van der Waals surface area contributed by atoms with Gasteiger partial charge in [-0.3, -0.25) is 14.9 Å². The Balaban J connectivity index is 1.65. The molecule has 2 unspecified atom stereocenters. The third kappa shape index (κ3) is 4.88. The molecule has 0 aromatic heterocycles. The number of hydrogen-bond donors (Lipinski definition) is 1. The highest BCUT2D eigenvalue weighted by Gasteiger charge is 2.26. The zero-order valence-corrected chi connectivity index (χ0v) is 17.3. The molecule has 1 amide bonds. The first-order valence-electron chi connectivity index (χ1n) is 9.05. The molecular weight excluding hydrogens is 426 g/mol. The van der Waals surface area contributed by atoms with Crippen molar-refractivity contribution in [1.29, 1.82) is 0 Å². The Morgan fingerprint density at radius 1 is 1.21 bits per heavy atom. The fourth-order valence-corrected chi connectivity index (χ4v) is 3.64. The normalized spacial score (nSPS) is 19.3. The largest absolute Gasteiger partial charge is 0.375 e. The van der Waals surface area contributed by atoms with Gasteiger partial charge in [0.25, 0.3) is 11.6 Å². The smallest absolute Gasteiger partial charge is 0.293 e. The van der Waals surface area contributed by atoms with E-state index in [1.807, 2.05) is 30.9 Å². The SMILES string of the molecule is CC1CN(C(=O)c2ccc(CNc3ccc(Br)cc3[N+](=O)[O-])cc2)CC(C)O1. The van der Waals surface area contributed by atoms with Gasteiger partial charge in [-0.05, 0) is 43.7 Å². The van der Waals surface area contributed by atoms with E-state index in [-0.39, 0.29) is 23.8 Å². The van der Waals surface area contributed by atoms with Gasteiger partial charge in [0.05, 0.1) is 17.1 Å². The number of ether oxygens (including phenoxy) is 1. The molecule has 2 aromatic rings. The van der Waals surface area contributed by atoms with E-state index in [2.05, 4.69) is 21.2 Å². The zero-order valence-electron chi connectivity index (χ0n) is 15.7. The molecule has 0 saturated carbocycles. The first kappa shape index (κ1) is 20.3. The van der Waals surface area contributed by atoms with Gasteiger partial charge in [0.15, 0.2) is 0 Å². The van der Waals surface area contributed by atoms with E-state index >= 15 is 0 Å². The number of nitro benzene ring substituents is 1. The second-order valence-corrected chi connectivity index (χ2v) is 7.85. The molecule has 28 heavy (non-hydrogen) atoms. The van der Waals surface area contributed by atoms with Crippen LogP contribution in [0.25, 0.3) is 0 Å². The number of nitro groups is 1. The van der Waals surface area contributed by atoms with Gasteiger partial charge in [0.2, 0.25) is 0 Å². The number of nitrogens with zero attached hydrogens (tertiary/aromatic N) is 2. The van der Waals surface area contributed by atoms with E-state index in [0.717, 1.165) is 5.56 Å². The van der Waals surface area contributed by atoms with Crippen molar-refractivity contribution in [3.63, 3.8) is 0 Å². The Bertz CT molecular complexity index is 862. The lowest BCUT2D eigenvalue weighted by Gasteiger charge is -2.35. The van der Waals surface area contributed by atoms with Gasteiger partial charge < -0.3 is 15.0 Å². The van der Waals surface area contributed by atoms with Crippen LogP contribution in [0.4, 0.5) is 11.4 Å². The van der Waals surface area contributed by atoms with Gasteiger partial charge >= 0.3 is 0 Å². The van der Waals surface area contributed by atoms with Crippen molar-refractivity contribution < 1.29 is 14.5 Å². The Morgan fingerprint density at radius 3 is 2.46 bits per heavy atom. The van der Waals surface area contributed by atoms with E-state index in [1.54, 1.807) is 24.3 Å². The average molecular weight is 448 g/mol. The quantitative estimate of drug-likeness (QED) is 0.547. The van der Waals surface area contributed by atoms with Crippen LogP contribution in [0.3, 0.4) is 0 Å². The predicted molar refractivity (Wildman–Crippen MR) is 110 cm³/mol. The van der Waals surface area contributed by atoms with E-state index in [0.29, 0.717) is 35.4 Å². The Morgan fingerprint density at radius 2 is 1.86 bits per heavy atom. The number of amides is 1. The summed E-state index contributed by atoms with van der Waals surface area (Å²) in [6.07, 6.45) is 0.0516. The lowest BCUT2D eigenvalue weighted by Crippen LogP contribution is -2.48. The minimum atomic E-state index is -0.417. The first-order chi connectivity index (χ1) is 13.3. The summed E-state index contributed by atoms with van der Waals surface area (Å²) < 4.78 is 6.33. The summed E-state index contributed by atoms with van der Waals surface area (Å²) in [5.41, 5.74) is 2.01. The van der Waals surface area contributed by atoms with E-state index in [4.69, 9.17) is 4.74 Å². The summed E-state index contributed by atoms with van der Waals surface area (Å²) in [5, 5.41) is 14.3. The minimum Gasteiger partial charge on any atom is -0.375 e. The van der Waals surface area contributed by atoms with Gasteiger partial charge in [0, 0.05) is 35.7 Å². The number of carbonyl (C=O) groups excluding carboxylic acids is 1.